The second kappa shape index (κ2) is 6.02. The predicted molar refractivity (Wildman–Crippen MR) is 76.7 cm³/mol. The van der Waals surface area contributed by atoms with Crippen LogP contribution < -0.4 is 10.2 Å². The molecule has 1 N–H and O–H groups in total. The van der Waals surface area contributed by atoms with Gasteiger partial charge in [0.1, 0.15) is 5.69 Å². The fourth-order valence-electron chi connectivity index (χ4n) is 2.75. The summed E-state index contributed by atoms with van der Waals surface area (Å²) >= 11 is 0. The molecular weight excluding hydrogens is 242 g/mol. The van der Waals surface area contributed by atoms with Crippen LogP contribution in [0.25, 0.3) is 0 Å². The lowest BCUT2D eigenvalue weighted by Crippen LogP contribution is -2.37. The minimum atomic E-state index is -0.277. The molecule has 0 spiro atoms. The van der Waals surface area contributed by atoms with E-state index >= 15 is 0 Å². The van der Waals surface area contributed by atoms with Gasteiger partial charge in [0.2, 0.25) is 0 Å². The molecule has 1 saturated heterocycles. The minimum absolute atomic E-state index is 0.230. The Morgan fingerprint density at radius 3 is 2.95 bits per heavy atom. The van der Waals surface area contributed by atoms with Crippen molar-refractivity contribution in [1.29, 1.82) is 0 Å². The maximum absolute atomic E-state index is 11.2. The first kappa shape index (κ1) is 13.8. The van der Waals surface area contributed by atoms with Crippen LogP contribution in [0.1, 0.15) is 18.4 Å². The number of hydrogen-bond donors (Lipinski definition) is 1. The lowest BCUT2D eigenvalue weighted by molar-refractivity contribution is -0.384. The fourth-order valence-corrected chi connectivity index (χ4v) is 2.75. The Morgan fingerprint density at radius 2 is 2.32 bits per heavy atom. The average Bonchev–Trinajstić information content (AvgIpc) is 2.39. The van der Waals surface area contributed by atoms with Gasteiger partial charge in [-0.2, -0.15) is 0 Å². The molecule has 1 fully saturated rings. The van der Waals surface area contributed by atoms with E-state index in [-0.39, 0.29) is 10.6 Å². The molecule has 0 aliphatic carbocycles. The minimum Gasteiger partial charge on any atom is -0.369 e. The van der Waals surface area contributed by atoms with Crippen LogP contribution in [0.3, 0.4) is 0 Å². The number of aryl methyl sites for hydroxylation is 1. The van der Waals surface area contributed by atoms with Crippen LogP contribution in [0, 0.1) is 23.0 Å². The van der Waals surface area contributed by atoms with E-state index in [1.165, 1.54) is 12.8 Å². The lowest BCUT2D eigenvalue weighted by Gasteiger charge is -2.28. The van der Waals surface area contributed by atoms with Crippen LogP contribution in [0.15, 0.2) is 18.2 Å². The average molecular weight is 263 g/mol. The van der Waals surface area contributed by atoms with Gasteiger partial charge in [0.25, 0.3) is 5.69 Å². The summed E-state index contributed by atoms with van der Waals surface area (Å²) in [6.07, 6.45) is 2.38. The van der Waals surface area contributed by atoms with E-state index in [1.54, 1.807) is 13.0 Å². The molecule has 0 saturated carbocycles. The molecule has 0 aromatic heterocycles. The summed E-state index contributed by atoms with van der Waals surface area (Å²) in [7, 11) is 1.94. The summed E-state index contributed by atoms with van der Waals surface area (Å²) in [5, 5.41) is 14.6. The molecule has 1 heterocycles. The first-order chi connectivity index (χ1) is 9.09. The zero-order valence-corrected chi connectivity index (χ0v) is 11.6. The Kier molecular flexibility index (Phi) is 4.37. The van der Waals surface area contributed by atoms with Crippen molar-refractivity contribution in [2.75, 3.05) is 31.6 Å². The highest BCUT2D eigenvalue weighted by atomic mass is 16.6. The Morgan fingerprint density at radius 1 is 1.53 bits per heavy atom. The first-order valence-corrected chi connectivity index (χ1v) is 6.75. The molecule has 0 radical (unpaired) electrons. The Balaban J connectivity index is 2.16. The SMILES string of the molecule is Cc1cccc(N(C)CC2CCCNC2)c1[N+](=O)[O-]. The summed E-state index contributed by atoms with van der Waals surface area (Å²) < 4.78 is 0. The van der Waals surface area contributed by atoms with Crippen molar-refractivity contribution in [2.45, 2.75) is 19.8 Å². The molecular formula is C14H21N3O2. The summed E-state index contributed by atoms with van der Waals surface area (Å²) in [6, 6.07) is 5.51. The van der Waals surface area contributed by atoms with E-state index in [2.05, 4.69) is 5.32 Å². The molecule has 5 nitrogen and oxygen atoms in total. The van der Waals surface area contributed by atoms with Crippen LogP contribution in [-0.4, -0.2) is 31.6 Å². The number of nitro groups is 1. The van der Waals surface area contributed by atoms with Crippen LogP contribution >= 0.6 is 0 Å². The molecule has 1 atom stereocenters. The van der Waals surface area contributed by atoms with Gasteiger partial charge >= 0.3 is 0 Å². The zero-order valence-electron chi connectivity index (χ0n) is 11.6. The highest BCUT2D eigenvalue weighted by molar-refractivity contribution is 5.66. The maximum atomic E-state index is 11.2. The summed E-state index contributed by atoms with van der Waals surface area (Å²) in [4.78, 5) is 12.9. The van der Waals surface area contributed by atoms with Crippen LogP contribution in [0.5, 0.6) is 0 Å². The van der Waals surface area contributed by atoms with Gasteiger partial charge in [-0.15, -0.1) is 0 Å². The molecule has 19 heavy (non-hydrogen) atoms. The standard InChI is InChI=1S/C14H21N3O2/c1-11-5-3-7-13(14(11)17(18)19)16(2)10-12-6-4-8-15-9-12/h3,5,7,12,15H,4,6,8-10H2,1-2H3. The van der Waals surface area contributed by atoms with Gasteiger partial charge in [-0.05, 0) is 44.8 Å². The van der Waals surface area contributed by atoms with E-state index in [0.29, 0.717) is 5.92 Å². The molecule has 1 aromatic rings. The third-order valence-electron chi connectivity index (χ3n) is 3.74. The Labute approximate surface area is 113 Å². The molecule has 1 aliphatic heterocycles. The second-order valence-electron chi connectivity index (χ2n) is 5.29. The van der Waals surface area contributed by atoms with Gasteiger partial charge in [0, 0.05) is 19.2 Å². The van der Waals surface area contributed by atoms with Crippen molar-refractivity contribution in [3.63, 3.8) is 0 Å². The second-order valence-corrected chi connectivity index (χ2v) is 5.29. The number of anilines is 1. The largest absolute Gasteiger partial charge is 0.369 e. The third-order valence-corrected chi connectivity index (χ3v) is 3.74. The molecule has 1 unspecified atom stereocenters. The predicted octanol–water partition coefficient (Wildman–Crippen LogP) is 2.34. The molecule has 1 aliphatic rings. The first-order valence-electron chi connectivity index (χ1n) is 6.75. The summed E-state index contributed by atoms with van der Waals surface area (Å²) in [6.45, 7) is 4.74. The fraction of sp³-hybridized carbons (Fsp3) is 0.571. The van der Waals surface area contributed by atoms with Gasteiger partial charge in [0.05, 0.1) is 4.92 Å². The van der Waals surface area contributed by atoms with Crippen molar-refractivity contribution in [3.05, 3.63) is 33.9 Å². The number of hydrogen-bond acceptors (Lipinski definition) is 4. The smallest absolute Gasteiger partial charge is 0.295 e. The summed E-state index contributed by atoms with van der Waals surface area (Å²) in [5.41, 5.74) is 1.67. The molecule has 0 amide bonds. The molecule has 0 bridgehead atoms. The lowest BCUT2D eigenvalue weighted by atomic mass is 9.99. The van der Waals surface area contributed by atoms with E-state index in [4.69, 9.17) is 0 Å². The third kappa shape index (κ3) is 3.23. The Bertz CT molecular complexity index is 456. The highest BCUT2D eigenvalue weighted by Crippen LogP contribution is 2.31. The van der Waals surface area contributed by atoms with Crippen molar-refractivity contribution < 1.29 is 4.92 Å². The van der Waals surface area contributed by atoms with Crippen molar-refractivity contribution in [2.24, 2.45) is 5.92 Å². The van der Waals surface area contributed by atoms with Crippen molar-refractivity contribution in [3.8, 4) is 0 Å². The van der Waals surface area contributed by atoms with Crippen molar-refractivity contribution >= 4 is 11.4 Å². The summed E-state index contributed by atoms with van der Waals surface area (Å²) in [5.74, 6) is 0.568. The van der Waals surface area contributed by atoms with E-state index in [1.807, 2.05) is 24.1 Å². The topological polar surface area (TPSA) is 58.4 Å². The normalized spacial score (nSPS) is 19.2. The monoisotopic (exact) mass is 263 g/mol. The van der Waals surface area contributed by atoms with Crippen molar-refractivity contribution in [1.82, 2.24) is 5.32 Å². The van der Waals surface area contributed by atoms with Crippen LogP contribution in [-0.2, 0) is 0 Å². The molecule has 1 aromatic carbocycles. The highest BCUT2D eigenvalue weighted by Gasteiger charge is 2.22. The van der Waals surface area contributed by atoms with Crippen LogP contribution in [0.4, 0.5) is 11.4 Å². The van der Waals surface area contributed by atoms with Gasteiger partial charge < -0.3 is 10.2 Å². The quantitative estimate of drug-likeness (QED) is 0.669. The van der Waals surface area contributed by atoms with E-state index in [9.17, 15) is 10.1 Å². The van der Waals surface area contributed by atoms with E-state index < -0.39 is 0 Å². The number of nitro benzene ring substituents is 1. The Hall–Kier alpha value is -1.62. The van der Waals surface area contributed by atoms with Crippen LogP contribution in [0.2, 0.25) is 0 Å². The molecule has 104 valence electrons. The van der Waals surface area contributed by atoms with Gasteiger partial charge in [-0.25, -0.2) is 0 Å². The number of nitrogens with one attached hydrogen (secondary N) is 1. The molecule has 2 rings (SSSR count). The van der Waals surface area contributed by atoms with E-state index in [0.717, 1.165) is 30.9 Å². The molecule has 5 heteroatoms. The van der Waals surface area contributed by atoms with Gasteiger partial charge in [-0.1, -0.05) is 12.1 Å². The van der Waals surface area contributed by atoms with Gasteiger partial charge in [-0.3, -0.25) is 10.1 Å². The zero-order chi connectivity index (χ0) is 13.8. The number of nitrogens with zero attached hydrogens (tertiary/aromatic N) is 2. The maximum Gasteiger partial charge on any atom is 0.295 e. The number of piperidine rings is 1. The van der Waals surface area contributed by atoms with Gasteiger partial charge in [0.15, 0.2) is 0 Å². The number of para-hydroxylation sites is 1. The number of rotatable bonds is 4. The number of benzene rings is 1.